The van der Waals surface area contributed by atoms with Gasteiger partial charge in [-0.15, -0.1) is 0 Å². The standard InChI is InChI=1S/C14H29N3O/c1-4-14(3,11-15)13(18)16-7-10-17-8-5-12(2)6-9-17/h12H,4-11,15H2,1-3H3,(H,16,18). The molecule has 0 spiro atoms. The van der Waals surface area contributed by atoms with Gasteiger partial charge in [-0.05, 0) is 45.2 Å². The van der Waals surface area contributed by atoms with Crippen molar-refractivity contribution < 1.29 is 4.79 Å². The first kappa shape index (κ1) is 15.4. The molecular formula is C14H29N3O. The van der Waals surface area contributed by atoms with Gasteiger partial charge in [-0.1, -0.05) is 13.8 Å². The Morgan fingerprint density at radius 1 is 1.44 bits per heavy atom. The van der Waals surface area contributed by atoms with Crippen LogP contribution in [0.3, 0.4) is 0 Å². The zero-order valence-electron chi connectivity index (χ0n) is 12.2. The van der Waals surface area contributed by atoms with Crippen molar-refractivity contribution in [2.45, 2.75) is 40.0 Å². The lowest BCUT2D eigenvalue weighted by Gasteiger charge is -2.31. The predicted molar refractivity (Wildman–Crippen MR) is 75.3 cm³/mol. The van der Waals surface area contributed by atoms with Gasteiger partial charge in [0, 0.05) is 19.6 Å². The van der Waals surface area contributed by atoms with Crippen molar-refractivity contribution in [2.75, 3.05) is 32.7 Å². The second-order valence-electron chi connectivity index (χ2n) is 5.90. The maximum Gasteiger partial charge on any atom is 0.227 e. The van der Waals surface area contributed by atoms with Crippen molar-refractivity contribution in [3.05, 3.63) is 0 Å². The maximum atomic E-state index is 12.0. The molecule has 18 heavy (non-hydrogen) atoms. The van der Waals surface area contributed by atoms with E-state index in [2.05, 4.69) is 17.1 Å². The van der Waals surface area contributed by atoms with Gasteiger partial charge in [0.05, 0.1) is 5.41 Å². The molecule has 4 nitrogen and oxygen atoms in total. The third-order valence-electron chi connectivity index (χ3n) is 4.37. The van der Waals surface area contributed by atoms with Crippen molar-refractivity contribution >= 4 is 5.91 Å². The molecule has 0 aromatic heterocycles. The average Bonchev–Trinajstić information content (AvgIpc) is 2.40. The molecule has 0 bridgehead atoms. The van der Waals surface area contributed by atoms with E-state index >= 15 is 0 Å². The summed E-state index contributed by atoms with van der Waals surface area (Å²) in [5.74, 6) is 0.953. The molecule has 1 atom stereocenters. The minimum absolute atomic E-state index is 0.0953. The SMILES string of the molecule is CCC(C)(CN)C(=O)NCCN1CCC(C)CC1. The van der Waals surface area contributed by atoms with Crippen LogP contribution in [0.15, 0.2) is 0 Å². The molecule has 1 aliphatic heterocycles. The van der Waals surface area contributed by atoms with E-state index in [4.69, 9.17) is 5.73 Å². The molecule has 0 saturated carbocycles. The topological polar surface area (TPSA) is 58.4 Å². The van der Waals surface area contributed by atoms with E-state index in [-0.39, 0.29) is 5.91 Å². The first-order valence-corrected chi connectivity index (χ1v) is 7.22. The van der Waals surface area contributed by atoms with E-state index in [0.717, 1.165) is 25.4 Å². The van der Waals surface area contributed by atoms with E-state index in [0.29, 0.717) is 6.54 Å². The number of nitrogens with one attached hydrogen (secondary N) is 1. The quantitative estimate of drug-likeness (QED) is 0.750. The Morgan fingerprint density at radius 2 is 2.06 bits per heavy atom. The number of hydrogen-bond acceptors (Lipinski definition) is 3. The highest BCUT2D eigenvalue weighted by Crippen LogP contribution is 2.19. The van der Waals surface area contributed by atoms with E-state index in [1.165, 1.54) is 25.9 Å². The molecule has 1 amide bonds. The Balaban J connectivity index is 2.23. The summed E-state index contributed by atoms with van der Waals surface area (Å²) in [6, 6.07) is 0. The van der Waals surface area contributed by atoms with Crippen molar-refractivity contribution in [3.63, 3.8) is 0 Å². The van der Waals surface area contributed by atoms with Crippen molar-refractivity contribution in [2.24, 2.45) is 17.1 Å². The minimum atomic E-state index is -0.406. The van der Waals surface area contributed by atoms with Crippen LogP contribution >= 0.6 is 0 Å². The molecule has 1 rings (SSSR count). The molecule has 4 heteroatoms. The lowest BCUT2D eigenvalue weighted by Crippen LogP contribution is -2.46. The van der Waals surface area contributed by atoms with Crippen LogP contribution in [-0.4, -0.2) is 43.5 Å². The van der Waals surface area contributed by atoms with Gasteiger partial charge in [0.15, 0.2) is 0 Å². The van der Waals surface area contributed by atoms with Gasteiger partial charge in [0.25, 0.3) is 0 Å². The van der Waals surface area contributed by atoms with Crippen molar-refractivity contribution in [1.29, 1.82) is 0 Å². The van der Waals surface area contributed by atoms with Gasteiger partial charge < -0.3 is 16.0 Å². The molecular weight excluding hydrogens is 226 g/mol. The van der Waals surface area contributed by atoms with E-state index in [1.54, 1.807) is 0 Å². The van der Waals surface area contributed by atoms with Crippen LogP contribution in [0.4, 0.5) is 0 Å². The lowest BCUT2D eigenvalue weighted by atomic mass is 9.87. The Labute approximate surface area is 111 Å². The Kier molecular flexibility index (Phi) is 6.09. The van der Waals surface area contributed by atoms with Gasteiger partial charge in [0.1, 0.15) is 0 Å². The average molecular weight is 255 g/mol. The molecule has 1 saturated heterocycles. The Bertz CT molecular complexity index is 256. The van der Waals surface area contributed by atoms with Crippen LogP contribution in [0, 0.1) is 11.3 Å². The van der Waals surface area contributed by atoms with Gasteiger partial charge in [-0.2, -0.15) is 0 Å². The summed E-state index contributed by atoms with van der Waals surface area (Å²) in [6.45, 7) is 10.7. The van der Waals surface area contributed by atoms with Gasteiger partial charge >= 0.3 is 0 Å². The summed E-state index contributed by atoms with van der Waals surface area (Å²) in [5.41, 5.74) is 5.27. The summed E-state index contributed by atoms with van der Waals surface area (Å²) in [6.07, 6.45) is 3.35. The van der Waals surface area contributed by atoms with Crippen molar-refractivity contribution in [3.8, 4) is 0 Å². The number of hydrogen-bond donors (Lipinski definition) is 2. The summed E-state index contributed by atoms with van der Waals surface area (Å²) in [5, 5.41) is 3.02. The summed E-state index contributed by atoms with van der Waals surface area (Å²) in [4.78, 5) is 14.4. The maximum absolute atomic E-state index is 12.0. The Hall–Kier alpha value is -0.610. The number of amides is 1. The van der Waals surface area contributed by atoms with Crippen molar-refractivity contribution in [1.82, 2.24) is 10.2 Å². The minimum Gasteiger partial charge on any atom is -0.354 e. The fourth-order valence-corrected chi connectivity index (χ4v) is 2.22. The number of carbonyl (C=O) groups is 1. The number of nitrogens with two attached hydrogens (primary N) is 1. The molecule has 106 valence electrons. The third-order valence-corrected chi connectivity index (χ3v) is 4.37. The highest BCUT2D eigenvalue weighted by atomic mass is 16.2. The molecule has 3 N–H and O–H groups in total. The largest absolute Gasteiger partial charge is 0.354 e. The smallest absolute Gasteiger partial charge is 0.227 e. The monoisotopic (exact) mass is 255 g/mol. The number of piperidine rings is 1. The molecule has 1 aliphatic rings. The van der Waals surface area contributed by atoms with Gasteiger partial charge in [0.2, 0.25) is 5.91 Å². The first-order chi connectivity index (χ1) is 8.51. The van der Waals surface area contributed by atoms with Gasteiger partial charge in [-0.3, -0.25) is 4.79 Å². The molecule has 0 radical (unpaired) electrons. The van der Waals surface area contributed by atoms with Crippen LogP contribution in [0.1, 0.15) is 40.0 Å². The molecule has 0 aromatic carbocycles. The van der Waals surface area contributed by atoms with Crippen LogP contribution in [-0.2, 0) is 4.79 Å². The summed E-state index contributed by atoms with van der Waals surface area (Å²) < 4.78 is 0. The number of rotatable bonds is 6. The Morgan fingerprint density at radius 3 is 2.56 bits per heavy atom. The molecule has 0 aromatic rings. The van der Waals surface area contributed by atoms with E-state index in [1.807, 2.05) is 13.8 Å². The van der Waals surface area contributed by atoms with E-state index < -0.39 is 5.41 Å². The fourth-order valence-electron chi connectivity index (χ4n) is 2.22. The summed E-state index contributed by atoms with van der Waals surface area (Å²) >= 11 is 0. The number of carbonyl (C=O) groups excluding carboxylic acids is 1. The lowest BCUT2D eigenvalue weighted by molar-refractivity contribution is -0.129. The highest BCUT2D eigenvalue weighted by Gasteiger charge is 2.29. The number of nitrogens with zero attached hydrogens (tertiary/aromatic N) is 1. The predicted octanol–water partition coefficient (Wildman–Crippen LogP) is 1.21. The zero-order chi connectivity index (χ0) is 13.6. The van der Waals surface area contributed by atoms with Crippen LogP contribution in [0.25, 0.3) is 0 Å². The fraction of sp³-hybridized carbons (Fsp3) is 0.929. The van der Waals surface area contributed by atoms with Crippen LogP contribution in [0.2, 0.25) is 0 Å². The molecule has 0 aliphatic carbocycles. The molecule has 1 unspecified atom stereocenters. The third kappa shape index (κ3) is 4.25. The highest BCUT2D eigenvalue weighted by molar-refractivity contribution is 5.82. The summed E-state index contributed by atoms with van der Waals surface area (Å²) in [7, 11) is 0. The second-order valence-corrected chi connectivity index (χ2v) is 5.90. The first-order valence-electron chi connectivity index (χ1n) is 7.22. The van der Waals surface area contributed by atoms with Crippen LogP contribution in [0.5, 0.6) is 0 Å². The number of likely N-dealkylation sites (tertiary alicyclic amines) is 1. The van der Waals surface area contributed by atoms with Gasteiger partial charge in [-0.25, -0.2) is 0 Å². The van der Waals surface area contributed by atoms with E-state index in [9.17, 15) is 4.79 Å². The normalized spacial score (nSPS) is 21.6. The molecule has 1 heterocycles. The second kappa shape index (κ2) is 7.10. The van der Waals surface area contributed by atoms with Crippen LogP contribution < -0.4 is 11.1 Å². The molecule has 1 fully saturated rings. The zero-order valence-corrected chi connectivity index (χ0v) is 12.2.